The summed E-state index contributed by atoms with van der Waals surface area (Å²) in [4.78, 5) is 8.24. The lowest BCUT2D eigenvalue weighted by atomic mass is 10.1. The predicted molar refractivity (Wildman–Crippen MR) is 79.2 cm³/mol. The molecule has 0 radical (unpaired) electrons. The summed E-state index contributed by atoms with van der Waals surface area (Å²) >= 11 is 8.01. The monoisotopic (exact) mass is 412 g/mol. The van der Waals surface area contributed by atoms with E-state index in [-0.39, 0.29) is 22.5 Å². The van der Waals surface area contributed by atoms with Crippen LogP contribution in [0.25, 0.3) is 11.4 Å². The molecule has 0 aliphatic heterocycles. The molecule has 106 valence electrons. The van der Waals surface area contributed by atoms with Crippen molar-refractivity contribution in [3.63, 3.8) is 0 Å². The molecule has 2 aromatic rings. The highest BCUT2D eigenvalue weighted by atomic mass is 127. The molecule has 0 bridgehead atoms. The van der Waals surface area contributed by atoms with Crippen LogP contribution in [0.2, 0.25) is 5.15 Å². The fraction of sp³-hybridized carbons (Fsp3) is 0.231. The van der Waals surface area contributed by atoms with Gasteiger partial charge in [0.1, 0.15) is 5.15 Å². The van der Waals surface area contributed by atoms with Crippen molar-refractivity contribution >= 4 is 34.2 Å². The average Bonchev–Trinajstić information content (AvgIpc) is 2.38. The van der Waals surface area contributed by atoms with Gasteiger partial charge in [0.05, 0.1) is 9.26 Å². The Morgan fingerprint density at radius 3 is 2.15 bits per heavy atom. The zero-order valence-electron chi connectivity index (χ0n) is 10.5. The van der Waals surface area contributed by atoms with Gasteiger partial charge < -0.3 is 0 Å². The van der Waals surface area contributed by atoms with E-state index < -0.39 is 17.5 Å². The van der Waals surface area contributed by atoms with Gasteiger partial charge in [-0.3, -0.25) is 0 Å². The number of nitrogens with zero attached hydrogens (tertiary/aromatic N) is 2. The molecule has 0 aliphatic rings. The fourth-order valence-corrected chi connectivity index (χ4v) is 2.67. The van der Waals surface area contributed by atoms with Crippen LogP contribution in [0.5, 0.6) is 0 Å². The Hall–Kier alpha value is -0.890. The molecular formula is C13H9ClF3IN2. The van der Waals surface area contributed by atoms with Gasteiger partial charge in [-0.15, -0.1) is 0 Å². The Balaban J connectivity index is 2.64. The lowest BCUT2D eigenvalue weighted by Crippen LogP contribution is -2.03. The summed E-state index contributed by atoms with van der Waals surface area (Å²) in [6.07, 6.45) is 0. The van der Waals surface area contributed by atoms with E-state index in [1.54, 1.807) is 0 Å². The second-order valence-electron chi connectivity index (χ2n) is 4.45. The summed E-state index contributed by atoms with van der Waals surface area (Å²) in [6, 6.07) is 1.70. The van der Waals surface area contributed by atoms with Crippen LogP contribution < -0.4 is 0 Å². The number of aromatic nitrogens is 2. The normalized spacial score (nSPS) is 11.2. The van der Waals surface area contributed by atoms with Crippen molar-refractivity contribution in [3.8, 4) is 11.4 Å². The third kappa shape index (κ3) is 2.90. The van der Waals surface area contributed by atoms with Crippen molar-refractivity contribution < 1.29 is 13.2 Å². The maximum atomic E-state index is 13.3. The lowest BCUT2D eigenvalue weighted by molar-refractivity contribution is 0.447. The van der Waals surface area contributed by atoms with Crippen LogP contribution in [0.15, 0.2) is 12.1 Å². The van der Waals surface area contributed by atoms with E-state index in [4.69, 9.17) is 11.6 Å². The van der Waals surface area contributed by atoms with E-state index >= 15 is 0 Å². The third-order valence-electron chi connectivity index (χ3n) is 2.63. The molecule has 1 heterocycles. The van der Waals surface area contributed by atoms with Crippen molar-refractivity contribution in [2.75, 3.05) is 0 Å². The summed E-state index contributed by atoms with van der Waals surface area (Å²) in [7, 11) is 0. The summed E-state index contributed by atoms with van der Waals surface area (Å²) in [5.74, 6) is -3.96. The largest absolute Gasteiger partial charge is 0.232 e. The first-order valence-electron chi connectivity index (χ1n) is 5.69. The summed E-state index contributed by atoms with van der Waals surface area (Å²) in [5, 5.41) is 0.199. The van der Waals surface area contributed by atoms with Gasteiger partial charge in [-0.1, -0.05) is 25.4 Å². The molecule has 0 aliphatic carbocycles. The number of halogens is 5. The number of hydrogen-bond donors (Lipinski definition) is 0. The molecule has 0 saturated heterocycles. The SMILES string of the molecule is CC(C)c1nc(-c2cc(F)c(F)c(F)c2)nc(Cl)c1I. The molecule has 20 heavy (non-hydrogen) atoms. The van der Waals surface area contributed by atoms with Crippen molar-refractivity contribution in [2.24, 2.45) is 0 Å². The van der Waals surface area contributed by atoms with Gasteiger partial charge >= 0.3 is 0 Å². The molecule has 0 unspecified atom stereocenters. The first-order valence-corrected chi connectivity index (χ1v) is 7.14. The van der Waals surface area contributed by atoms with E-state index in [1.807, 2.05) is 36.4 Å². The number of hydrogen-bond acceptors (Lipinski definition) is 2. The van der Waals surface area contributed by atoms with Crippen LogP contribution in [-0.4, -0.2) is 9.97 Å². The van der Waals surface area contributed by atoms with Gasteiger partial charge in [0.25, 0.3) is 0 Å². The van der Waals surface area contributed by atoms with Crippen LogP contribution in [-0.2, 0) is 0 Å². The van der Waals surface area contributed by atoms with Crippen LogP contribution in [0, 0.1) is 21.0 Å². The molecular weight excluding hydrogens is 404 g/mol. The third-order valence-corrected chi connectivity index (χ3v) is 4.28. The van der Waals surface area contributed by atoms with Gasteiger partial charge in [-0.25, -0.2) is 23.1 Å². The summed E-state index contributed by atoms with van der Waals surface area (Å²) < 4.78 is 40.2. The summed E-state index contributed by atoms with van der Waals surface area (Å²) in [6.45, 7) is 3.83. The van der Waals surface area contributed by atoms with Crippen molar-refractivity contribution in [1.82, 2.24) is 9.97 Å². The van der Waals surface area contributed by atoms with Gasteiger partial charge in [0.15, 0.2) is 23.3 Å². The first kappa shape index (κ1) is 15.5. The zero-order chi connectivity index (χ0) is 15.0. The van der Waals surface area contributed by atoms with Crippen molar-refractivity contribution in [1.29, 1.82) is 0 Å². The standard InChI is InChI=1S/C13H9ClF3IN2/c1-5(2)11-10(18)12(14)20-13(19-11)6-3-7(15)9(17)8(16)4-6/h3-5H,1-2H3. The smallest absolute Gasteiger partial charge is 0.194 e. The molecule has 0 N–H and O–H groups in total. The molecule has 1 aromatic heterocycles. The highest BCUT2D eigenvalue weighted by Gasteiger charge is 2.17. The average molecular weight is 413 g/mol. The molecule has 1 aromatic carbocycles. The Kier molecular flexibility index (Phi) is 4.53. The predicted octanol–water partition coefficient (Wildman–Crippen LogP) is 4.94. The van der Waals surface area contributed by atoms with Crippen molar-refractivity contribution in [2.45, 2.75) is 19.8 Å². The summed E-state index contributed by atoms with van der Waals surface area (Å²) in [5.41, 5.74) is 0.715. The van der Waals surface area contributed by atoms with E-state index in [0.717, 1.165) is 12.1 Å². The van der Waals surface area contributed by atoms with E-state index in [0.29, 0.717) is 9.26 Å². The minimum absolute atomic E-state index is 0.0431. The molecule has 2 rings (SSSR count). The first-order chi connectivity index (χ1) is 9.31. The van der Waals surface area contributed by atoms with Crippen LogP contribution in [0.1, 0.15) is 25.5 Å². The molecule has 2 nitrogen and oxygen atoms in total. The van der Waals surface area contributed by atoms with Crippen LogP contribution >= 0.6 is 34.2 Å². The maximum absolute atomic E-state index is 13.3. The van der Waals surface area contributed by atoms with Crippen LogP contribution in [0.3, 0.4) is 0 Å². The zero-order valence-corrected chi connectivity index (χ0v) is 13.4. The molecule has 0 spiro atoms. The lowest BCUT2D eigenvalue weighted by Gasteiger charge is -2.11. The Morgan fingerprint density at radius 1 is 1.10 bits per heavy atom. The minimum Gasteiger partial charge on any atom is -0.232 e. The number of rotatable bonds is 2. The van der Waals surface area contributed by atoms with Crippen LogP contribution in [0.4, 0.5) is 13.2 Å². The Labute approximate surface area is 132 Å². The number of benzene rings is 1. The van der Waals surface area contributed by atoms with Gasteiger partial charge in [-0.05, 0) is 40.6 Å². The Bertz CT molecular complexity index is 654. The minimum atomic E-state index is -1.52. The van der Waals surface area contributed by atoms with E-state index in [2.05, 4.69) is 9.97 Å². The maximum Gasteiger partial charge on any atom is 0.194 e. The Morgan fingerprint density at radius 2 is 1.65 bits per heavy atom. The topological polar surface area (TPSA) is 25.8 Å². The second-order valence-corrected chi connectivity index (χ2v) is 5.88. The molecule has 0 atom stereocenters. The van der Waals surface area contributed by atoms with Crippen molar-refractivity contribution in [3.05, 3.63) is 44.0 Å². The molecule has 7 heteroatoms. The van der Waals surface area contributed by atoms with Gasteiger partial charge in [0, 0.05) is 5.56 Å². The van der Waals surface area contributed by atoms with E-state index in [9.17, 15) is 13.2 Å². The molecule has 0 saturated carbocycles. The second kappa shape index (κ2) is 5.85. The molecule has 0 fully saturated rings. The van der Waals surface area contributed by atoms with E-state index in [1.165, 1.54) is 0 Å². The fourth-order valence-electron chi connectivity index (χ4n) is 1.63. The highest BCUT2D eigenvalue weighted by Crippen LogP contribution is 2.29. The van der Waals surface area contributed by atoms with Gasteiger partial charge in [-0.2, -0.15) is 0 Å². The quantitative estimate of drug-likeness (QED) is 0.397. The molecule has 0 amide bonds. The van der Waals surface area contributed by atoms with Gasteiger partial charge in [0.2, 0.25) is 0 Å². The highest BCUT2D eigenvalue weighted by molar-refractivity contribution is 14.1.